The number of rotatable bonds is 5. The molecule has 0 bridgehead atoms. The van der Waals surface area contributed by atoms with Crippen LogP contribution in [0.4, 0.5) is 5.69 Å². The molecule has 2 rings (SSSR count). The third-order valence-corrected chi connectivity index (χ3v) is 3.71. The van der Waals surface area contributed by atoms with E-state index in [1.54, 1.807) is 4.57 Å². The van der Waals surface area contributed by atoms with E-state index >= 15 is 0 Å². The molecule has 2 aromatic rings. The van der Waals surface area contributed by atoms with Crippen LogP contribution in [0.3, 0.4) is 0 Å². The molecule has 0 fully saturated rings. The monoisotopic (exact) mass is 312 g/mol. The van der Waals surface area contributed by atoms with E-state index in [1.165, 1.54) is 0 Å². The Kier molecular flexibility index (Phi) is 5.46. The first kappa shape index (κ1) is 16.7. The van der Waals surface area contributed by atoms with Crippen molar-refractivity contribution in [2.75, 3.05) is 11.9 Å². The summed E-state index contributed by atoms with van der Waals surface area (Å²) in [5.74, 6) is -0.434. The highest BCUT2D eigenvalue weighted by molar-refractivity contribution is 5.95. The Labute approximate surface area is 136 Å². The van der Waals surface area contributed by atoms with Gasteiger partial charge in [0.15, 0.2) is 12.4 Å². The summed E-state index contributed by atoms with van der Waals surface area (Å²) in [4.78, 5) is 23.8. The van der Waals surface area contributed by atoms with Gasteiger partial charge >= 0.3 is 0 Å². The van der Waals surface area contributed by atoms with Crippen LogP contribution in [0, 0.1) is 20.8 Å². The summed E-state index contributed by atoms with van der Waals surface area (Å²) in [7, 11) is 0. The molecule has 0 aliphatic heterocycles. The minimum absolute atomic E-state index is 0.0430. The number of nitrogens with zero attached hydrogens (tertiary/aromatic N) is 1. The fourth-order valence-electron chi connectivity index (χ4n) is 2.12. The third kappa shape index (κ3) is 4.92. The lowest BCUT2D eigenvalue weighted by Crippen LogP contribution is -2.44. The molecule has 5 heteroatoms. The van der Waals surface area contributed by atoms with E-state index < -0.39 is 0 Å². The molecule has 0 radical (unpaired) electrons. The van der Waals surface area contributed by atoms with Gasteiger partial charge in [0.2, 0.25) is 12.5 Å². The van der Waals surface area contributed by atoms with Crippen LogP contribution in [-0.4, -0.2) is 18.4 Å². The molecule has 1 aromatic heterocycles. The molecule has 0 unspecified atom stereocenters. The quantitative estimate of drug-likeness (QED) is 0.825. The van der Waals surface area contributed by atoms with Gasteiger partial charge in [0.25, 0.3) is 5.91 Å². The van der Waals surface area contributed by atoms with Crippen LogP contribution in [-0.2, 0) is 16.1 Å². The number of hydrogen-bond donors (Lipinski definition) is 2. The van der Waals surface area contributed by atoms with Gasteiger partial charge in [-0.1, -0.05) is 12.1 Å². The van der Waals surface area contributed by atoms with Crippen LogP contribution in [0.2, 0.25) is 0 Å². The Bertz CT molecular complexity index is 709. The molecule has 120 valence electrons. The number of carbonyl (C=O) groups is 2. The molecular formula is C18H22N3O2+. The van der Waals surface area contributed by atoms with Gasteiger partial charge < -0.3 is 10.6 Å². The van der Waals surface area contributed by atoms with Crippen molar-refractivity contribution in [1.29, 1.82) is 0 Å². The smallest absolute Gasteiger partial charge is 0.286 e. The summed E-state index contributed by atoms with van der Waals surface area (Å²) >= 11 is 0. The number of aromatic nitrogens is 1. The van der Waals surface area contributed by atoms with Crippen molar-refractivity contribution in [3.8, 4) is 0 Å². The highest BCUT2D eigenvalue weighted by Gasteiger charge is 2.11. The number of amides is 2. The zero-order valence-corrected chi connectivity index (χ0v) is 13.7. The van der Waals surface area contributed by atoms with Gasteiger partial charge in [-0.2, -0.15) is 4.57 Å². The van der Waals surface area contributed by atoms with Crippen LogP contribution in [0.1, 0.15) is 16.7 Å². The molecule has 0 aliphatic carbocycles. The SMILES string of the molecule is Cc1cc[n+](CC(=O)NCC(=O)Nc2cccc(C)c2C)cc1. The average Bonchev–Trinajstić information content (AvgIpc) is 2.52. The van der Waals surface area contributed by atoms with Crippen molar-refractivity contribution in [1.82, 2.24) is 5.32 Å². The number of hydrogen-bond acceptors (Lipinski definition) is 2. The zero-order valence-electron chi connectivity index (χ0n) is 13.7. The highest BCUT2D eigenvalue weighted by Crippen LogP contribution is 2.17. The molecule has 23 heavy (non-hydrogen) atoms. The second-order valence-electron chi connectivity index (χ2n) is 5.62. The van der Waals surface area contributed by atoms with Crippen LogP contribution >= 0.6 is 0 Å². The summed E-state index contributed by atoms with van der Waals surface area (Å²) in [5.41, 5.74) is 4.05. The number of aryl methyl sites for hydroxylation is 2. The molecular weight excluding hydrogens is 290 g/mol. The number of carbonyl (C=O) groups excluding carboxylic acids is 2. The molecule has 1 aromatic carbocycles. The maximum absolute atomic E-state index is 11.9. The zero-order chi connectivity index (χ0) is 16.8. The Hall–Kier alpha value is -2.69. The summed E-state index contributed by atoms with van der Waals surface area (Å²) in [6, 6.07) is 9.60. The van der Waals surface area contributed by atoms with Crippen molar-refractivity contribution in [2.24, 2.45) is 0 Å². The molecule has 1 heterocycles. The van der Waals surface area contributed by atoms with Crippen molar-refractivity contribution in [3.05, 3.63) is 59.4 Å². The van der Waals surface area contributed by atoms with Gasteiger partial charge in [0, 0.05) is 17.8 Å². The van der Waals surface area contributed by atoms with Gasteiger partial charge in [-0.3, -0.25) is 9.59 Å². The van der Waals surface area contributed by atoms with Crippen molar-refractivity contribution in [2.45, 2.75) is 27.3 Å². The van der Waals surface area contributed by atoms with Gasteiger partial charge in [0.05, 0.1) is 6.54 Å². The lowest BCUT2D eigenvalue weighted by molar-refractivity contribution is -0.684. The molecule has 2 N–H and O–H groups in total. The Balaban J connectivity index is 1.83. The van der Waals surface area contributed by atoms with E-state index in [-0.39, 0.29) is 24.9 Å². The largest absolute Gasteiger partial charge is 0.342 e. The fourth-order valence-corrected chi connectivity index (χ4v) is 2.12. The van der Waals surface area contributed by atoms with Gasteiger partial charge in [-0.25, -0.2) is 0 Å². The van der Waals surface area contributed by atoms with E-state index in [0.717, 1.165) is 22.4 Å². The van der Waals surface area contributed by atoms with Gasteiger partial charge in [-0.05, 0) is 43.5 Å². The number of benzene rings is 1. The molecule has 0 spiro atoms. The van der Waals surface area contributed by atoms with E-state index in [2.05, 4.69) is 10.6 Å². The van der Waals surface area contributed by atoms with E-state index in [4.69, 9.17) is 0 Å². The summed E-state index contributed by atoms with van der Waals surface area (Å²) in [6.45, 7) is 6.08. The lowest BCUT2D eigenvalue weighted by Gasteiger charge is -2.10. The van der Waals surface area contributed by atoms with E-state index in [9.17, 15) is 9.59 Å². The van der Waals surface area contributed by atoms with Crippen molar-refractivity contribution in [3.63, 3.8) is 0 Å². The standard InChI is InChI=1S/C18H21N3O2/c1-13-7-9-21(10-8-13)12-18(23)19-11-17(22)20-16-6-4-5-14(2)15(16)3/h4-10H,11-12H2,1-3H3,(H-,19,20,22,23)/p+1. The van der Waals surface area contributed by atoms with Crippen LogP contribution in [0.15, 0.2) is 42.7 Å². The first-order valence-electron chi connectivity index (χ1n) is 7.54. The molecule has 2 amide bonds. The second kappa shape index (κ2) is 7.54. The topological polar surface area (TPSA) is 62.1 Å². The second-order valence-corrected chi connectivity index (χ2v) is 5.62. The maximum Gasteiger partial charge on any atom is 0.286 e. The summed E-state index contributed by atoms with van der Waals surface area (Å²) in [6.07, 6.45) is 3.68. The number of pyridine rings is 1. The molecule has 0 atom stereocenters. The lowest BCUT2D eigenvalue weighted by atomic mass is 10.1. The maximum atomic E-state index is 11.9. The average molecular weight is 312 g/mol. The Morgan fingerprint density at radius 2 is 1.70 bits per heavy atom. The minimum atomic E-state index is -0.235. The number of nitrogens with one attached hydrogen (secondary N) is 2. The Morgan fingerprint density at radius 3 is 2.39 bits per heavy atom. The predicted molar refractivity (Wildman–Crippen MR) is 88.9 cm³/mol. The van der Waals surface area contributed by atoms with Gasteiger partial charge in [0.1, 0.15) is 0 Å². The normalized spacial score (nSPS) is 10.2. The fraction of sp³-hybridized carbons (Fsp3) is 0.278. The first-order chi connectivity index (χ1) is 11.0. The van der Waals surface area contributed by atoms with Crippen molar-refractivity contribution < 1.29 is 14.2 Å². The van der Waals surface area contributed by atoms with E-state index in [1.807, 2.05) is 63.5 Å². The molecule has 0 aliphatic rings. The van der Waals surface area contributed by atoms with Crippen LogP contribution < -0.4 is 15.2 Å². The van der Waals surface area contributed by atoms with Crippen LogP contribution in [0.5, 0.6) is 0 Å². The highest BCUT2D eigenvalue weighted by atomic mass is 16.2. The summed E-state index contributed by atoms with van der Waals surface area (Å²) < 4.78 is 1.77. The van der Waals surface area contributed by atoms with Crippen molar-refractivity contribution >= 4 is 17.5 Å². The van der Waals surface area contributed by atoms with Crippen LogP contribution in [0.25, 0.3) is 0 Å². The summed E-state index contributed by atoms with van der Waals surface area (Å²) in [5, 5.41) is 5.45. The minimum Gasteiger partial charge on any atom is -0.342 e. The number of anilines is 1. The molecule has 0 saturated heterocycles. The van der Waals surface area contributed by atoms with E-state index in [0.29, 0.717) is 0 Å². The third-order valence-electron chi connectivity index (χ3n) is 3.71. The first-order valence-corrected chi connectivity index (χ1v) is 7.54. The predicted octanol–water partition coefficient (Wildman–Crippen LogP) is 1.65. The molecule has 0 saturated carbocycles. The molecule has 5 nitrogen and oxygen atoms in total. The Morgan fingerprint density at radius 1 is 1.00 bits per heavy atom. The van der Waals surface area contributed by atoms with Gasteiger partial charge in [-0.15, -0.1) is 0 Å².